The smallest absolute Gasteiger partial charge is 0.0794 e. The minimum Gasteiger partial charge on any atom is -0.396 e. The zero-order chi connectivity index (χ0) is 13.5. The van der Waals surface area contributed by atoms with Crippen molar-refractivity contribution < 1.29 is 9.63 Å². The van der Waals surface area contributed by atoms with Crippen LogP contribution in [0, 0.1) is 0 Å². The molecule has 0 saturated carbocycles. The quantitative estimate of drug-likeness (QED) is 0.324. The molecule has 0 heterocycles. The van der Waals surface area contributed by atoms with Gasteiger partial charge in [0.1, 0.15) is 0 Å². The SMILES string of the molecule is CCCCCC(/C=C/C=C\CCCCCO)OP. The van der Waals surface area contributed by atoms with Gasteiger partial charge in [0.25, 0.3) is 0 Å². The summed E-state index contributed by atoms with van der Waals surface area (Å²) in [5.41, 5.74) is 0. The summed E-state index contributed by atoms with van der Waals surface area (Å²) in [6, 6.07) is 0. The van der Waals surface area contributed by atoms with Crippen molar-refractivity contribution in [2.45, 2.75) is 64.4 Å². The van der Waals surface area contributed by atoms with E-state index in [-0.39, 0.29) is 6.10 Å². The van der Waals surface area contributed by atoms with Crippen LogP contribution in [0.25, 0.3) is 0 Å². The number of allylic oxidation sites excluding steroid dienone is 3. The van der Waals surface area contributed by atoms with Gasteiger partial charge in [0.05, 0.1) is 6.10 Å². The summed E-state index contributed by atoms with van der Waals surface area (Å²) in [7, 11) is 2.36. The largest absolute Gasteiger partial charge is 0.396 e. The van der Waals surface area contributed by atoms with Gasteiger partial charge in [-0.25, -0.2) is 0 Å². The number of unbranched alkanes of at least 4 members (excludes halogenated alkanes) is 5. The molecule has 0 aliphatic rings. The summed E-state index contributed by atoms with van der Waals surface area (Å²) < 4.78 is 5.32. The third kappa shape index (κ3) is 12.3. The summed E-state index contributed by atoms with van der Waals surface area (Å²) in [5, 5.41) is 8.64. The van der Waals surface area contributed by atoms with Crippen molar-refractivity contribution in [3.8, 4) is 0 Å². The summed E-state index contributed by atoms with van der Waals surface area (Å²) >= 11 is 0. The lowest BCUT2D eigenvalue weighted by Crippen LogP contribution is -2.02. The Morgan fingerprint density at radius 2 is 1.94 bits per heavy atom. The molecular weight excluding hydrogens is 243 g/mol. The number of aliphatic hydroxyl groups is 1. The molecule has 0 aromatic carbocycles. The van der Waals surface area contributed by atoms with Gasteiger partial charge in [-0.1, -0.05) is 56.9 Å². The average Bonchev–Trinajstić information content (AvgIpc) is 2.40. The average molecular weight is 272 g/mol. The van der Waals surface area contributed by atoms with Gasteiger partial charge < -0.3 is 9.63 Å². The molecule has 0 fully saturated rings. The fraction of sp³-hybridized carbons (Fsp3) is 0.733. The van der Waals surface area contributed by atoms with E-state index in [1.165, 1.54) is 19.3 Å². The van der Waals surface area contributed by atoms with Gasteiger partial charge in [-0.2, -0.15) is 0 Å². The van der Waals surface area contributed by atoms with E-state index in [4.69, 9.17) is 9.63 Å². The normalized spacial score (nSPS) is 13.7. The molecule has 0 amide bonds. The van der Waals surface area contributed by atoms with Gasteiger partial charge in [-0.15, -0.1) is 0 Å². The lowest BCUT2D eigenvalue weighted by atomic mass is 10.1. The third-order valence-corrected chi connectivity index (χ3v) is 3.22. The molecule has 0 saturated heterocycles. The van der Waals surface area contributed by atoms with Crippen molar-refractivity contribution in [1.29, 1.82) is 0 Å². The maximum Gasteiger partial charge on any atom is 0.0794 e. The Morgan fingerprint density at radius 1 is 1.11 bits per heavy atom. The van der Waals surface area contributed by atoms with Crippen molar-refractivity contribution >= 4 is 9.47 Å². The molecule has 0 aliphatic carbocycles. The van der Waals surface area contributed by atoms with Gasteiger partial charge in [0.2, 0.25) is 0 Å². The highest BCUT2D eigenvalue weighted by Gasteiger charge is 2.00. The van der Waals surface area contributed by atoms with Crippen molar-refractivity contribution in [3.63, 3.8) is 0 Å². The van der Waals surface area contributed by atoms with Crippen molar-refractivity contribution in [2.24, 2.45) is 0 Å². The van der Waals surface area contributed by atoms with E-state index in [0.717, 1.165) is 32.1 Å². The Kier molecular flexibility index (Phi) is 14.7. The molecule has 0 radical (unpaired) electrons. The molecule has 2 unspecified atom stereocenters. The maximum atomic E-state index is 8.64. The Balaban J connectivity index is 3.59. The van der Waals surface area contributed by atoms with E-state index < -0.39 is 0 Å². The van der Waals surface area contributed by atoms with E-state index in [2.05, 4.69) is 40.7 Å². The summed E-state index contributed by atoms with van der Waals surface area (Å²) in [6.07, 6.45) is 17.8. The molecule has 0 aromatic heterocycles. The van der Waals surface area contributed by atoms with Crippen molar-refractivity contribution in [2.75, 3.05) is 6.61 Å². The van der Waals surface area contributed by atoms with Gasteiger partial charge in [-0.3, -0.25) is 0 Å². The first kappa shape index (κ1) is 17.8. The highest BCUT2D eigenvalue weighted by molar-refractivity contribution is 7.09. The zero-order valence-electron chi connectivity index (χ0n) is 11.7. The maximum absolute atomic E-state index is 8.64. The predicted molar refractivity (Wildman–Crippen MR) is 82.6 cm³/mol. The Hall–Kier alpha value is -0.170. The molecular formula is C15H29O2P. The van der Waals surface area contributed by atoms with Crippen LogP contribution in [0.15, 0.2) is 24.3 Å². The molecule has 2 nitrogen and oxygen atoms in total. The van der Waals surface area contributed by atoms with Gasteiger partial charge in [0, 0.05) is 16.1 Å². The van der Waals surface area contributed by atoms with E-state index in [0.29, 0.717) is 6.61 Å². The van der Waals surface area contributed by atoms with E-state index in [1.807, 2.05) is 0 Å². The van der Waals surface area contributed by atoms with E-state index in [9.17, 15) is 0 Å². The lowest BCUT2D eigenvalue weighted by molar-refractivity contribution is 0.274. The van der Waals surface area contributed by atoms with E-state index >= 15 is 0 Å². The third-order valence-electron chi connectivity index (χ3n) is 2.87. The fourth-order valence-corrected chi connectivity index (χ4v) is 1.95. The summed E-state index contributed by atoms with van der Waals surface area (Å²) in [5.74, 6) is 0. The second-order valence-corrected chi connectivity index (χ2v) is 4.83. The van der Waals surface area contributed by atoms with Crippen LogP contribution in [0.5, 0.6) is 0 Å². The molecule has 0 aliphatic heterocycles. The van der Waals surface area contributed by atoms with Crippen LogP contribution in [0.4, 0.5) is 0 Å². The van der Waals surface area contributed by atoms with E-state index in [1.54, 1.807) is 0 Å². The monoisotopic (exact) mass is 272 g/mol. The Labute approximate surface area is 115 Å². The fourth-order valence-electron chi connectivity index (χ4n) is 1.72. The Bertz CT molecular complexity index is 215. The Morgan fingerprint density at radius 3 is 2.61 bits per heavy atom. The number of hydrogen-bond donors (Lipinski definition) is 1. The molecule has 18 heavy (non-hydrogen) atoms. The molecule has 106 valence electrons. The highest BCUT2D eigenvalue weighted by atomic mass is 31.0. The van der Waals surface area contributed by atoms with Crippen molar-refractivity contribution in [1.82, 2.24) is 0 Å². The second kappa shape index (κ2) is 14.9. The van der Waals surface area contributed by atoms with Gasteiger partial charge in [-0.05, 0) is 25.7 Å². The molecule has 0 bridgehead atoms. The number of aliphatic hydroxyl groups excluding tert-OH is 1. The van der Waals surface area contributed by atoms with Crippen LogP contribution in [0.3, 0.4) is 0 Å². The molecule has 2 atom stereocenters. The summed E-state index contributed by atoms with van der Waals surface area (Å²) in [6.45, 7) is 2.53. The highest BCUT2D eigenvalue weighted by Crippen LogP contribution is 2.11. The molecule has 1 N–H and O–H groups in total. The second-order valence-electron chi connectivity index (χ2n) is 4.56. The van der Waals surface area contributed by atoms with Crippen LogP contribution in [0.1, 0.15) is 58.3 Å². The predicted octanol–water partition coefficient (Wildman–Crippen LogP) is 4.41. The molecule has 0 aromatic rings. The number of hydrogen-bond acceptors (Lipinski definition) is 2. The molecule has 3 heteroatoms. The van der Waals surface area contributed by atoms with Gasteiger partial charge >= 0.3 is 0 Å². The summed E-state index contributed by atoms with van der Waals surface area (Å²) in [4.78, 5) is 0. The first-order chi connectivity index (χ1) is 8.85. The lowest BCUT2D eigenvalue weighted by Gasteiger charge is -2.09. The van der Waals surface area contributed by atoms with Crippen molar-refractivity contribution in [3.05, 3.63) is 24.3 Å². The minimum absolute atomic E-state index is 0.223. The van der Waals surface area contributed by atoms with Crippen LogP contribution < -0.4 is 0 Å². The number of rotatable bonds is 12. The molecule has 0 rings (SSSR count). The first-order valence-corrected chi connectivity index (χ1v) is 7.62. The topological polar surface area (TPSA) is 29.5 Å². The first-order valence-electron chi connectivity index (χ1n) is 7.14. The van der Waals surface area contributed by atoms with Crippen LogP contribution in [-0.4, -0.2) is 17.8 Å². The minimum atomic E-state index is 0.223. The van der Waals surface area contributed by atoms with Crippen LogP contribution >= 0.6 is 9.47 Å². The van der Waals surface area contributed by atoms with Crippen LogP contribution in [-0.2, 0) is 4.52 Å². The van der Waals surface area contributed by atoms with Gasteiger partial charge in [0.15, 0.2) is 0 Å². The standard InChI is InChI=1S/C15H29O2P/c1-2-3-9-12-15(17-18)13-10-7-5-4-6-8-11-14-16/h5,7,10,13,15-16H,2-4,6,8-9,11-12,14,18H2,1H3/b7-5-,13-10+. The molecule has 0 spiro atoms. The zero-order valence-corrected chi connectivity index (χ0v) is 12.8. The van der Waals surface area contributed by atoms with Crippen LogP contribution in [0.2, 0.25) is 0 Å².